The molecule has 0 atom stereocenters. The van der Waals surface area contributed by atoms with E-state index in [1.165, 1.54) is 6.92 Å². The molecule has 0 amide bonds. The van der Waals surface area contributed by atoms with Crippen LogP contribution in [0.1, 0.15) is 31.3 Å². The lowest BCUT2D eigenvalue weighted by atomic mass is 10.1. The topological polar surface area (TPSA) is 48.4 Å². The molecule has 0 unspecified atom stereocenters. The largest absolute Gasteiger partial charge is 0.496 e. The summed E-state index contributed by atoms with van der Waals surface area (Å²) >= 11 is 0. The summed E-state index contributed by atoms with van der Waals surface area (Å²) in [6.07, 6.45) is 0. The zero-order valence-electron chi connectivity index (χ0n) is 12.0. The molecule has 1 aromatic carbocycles. The second-order valence-corrected chi connectivity index (χ2v) is 3.62. The number of nitrogens with zero attached hydrogens (tertiary/aromatic N) is 1. The number of methoxy groups -OCH3 is 2. The highest BCUT2D eigenvalue weighted by atomic mass is 16.5. The fourth-order valence-electron chi connectivity index (χ4n) is 1.71. The summed E-state index contributed by atoms with van der Waals surface area (Å²) in [6, 6.07) is 7.19. The Morgan fingerprint density at radius 3 is 2.26 bits per heavy atom. The van der Waals surface area contributed by atoms with Gasteiger partial charge in [0, 0.05) is 18.4 Å². The molecular formula is C15H19NO3. The van der Waals surface area contributed by atoms with Gasteiger partial charge in [0.05, 0.1) is 14.2 Å². The minimum atomic E-state index is -0.101. The number of benzene rings is 1. The lowest BCUT2D eigenvalue weighted by Crippen LogP contribution is -2.00. The first-order chi connectivity index (χ1) is 9.17. The fraction of sp³-hybridized carbons (Fsp3) is 0.333. The van der Waals surface area contributed by atoms with Crippen molar-refractivity contribution < 1.29 is 14.3 Å². The maximum atomic E-state index is 11.4. The number of Topliss-reactive ketones (excluding diaryl/α,β-unsaturated/α-hetero) is 1. The molecule has 0 spiro atoms. The van der Waals surface area contributed by atoms with E-state index in [1.807, 2.05) is 26.0 Å². The van der Waals surface area contributed by atoms with Gasteiger partial charge in [0.2, 0.25) is 0 Å². The highest BCUT2D eigenvalue weighted by molar-refractivity contribution is 5.98. The van der Waals surface area contributed by atoms with Crippen molar-refractivity contribution in [2.75, 3.05) is 14.2 Å². The number of para-hydroxylation sites is 1. The van der Waals surface area contributed by atoms with E-state index in [0.717, 1.165) is 5.39 Å². The van der Waals surface area contributed by atoms with Crippen molar-refractivity contribution in [1.82, 2.24) is 4.98 Å². The summed E-state index contributed by atoms with van der Waals surface area (Å²) in [7, 11) is 3.14. The van der Waals surface area contributed by atoms with Crippen LogP contribution in [0, 0.1) is 0 Å². The molecule has 102 valence electrons. The van der Waals surface area contributed by atoms with Gasteiger partial charge in [0.15, 0.2) is 5.78 Å². The molecule has 0 saturated heterocycles. The van der Waals surface area contributed by atoms with E-state index in [-0.39, 0.29) is 5.78 Å². The van der Waals surface area contributed by atoms with Crippen molar-refractivity contribution in [3.05, 3.63) is 30.0 Å². The van der Waals surface area contributed by atoms with Gasteiger partial charge in [-0.2, -0.15) is 0 Å². The third-order valence-corrected chi connectivity index (χ3v) is 2.57. The maximum absolute atomic E-state index is 11.4. The van der Waals surface area contributed by atoms with Crippen LogP contribution in [0.2, 0.25) is 0 Å². The number of carbonyl (C=O) groups is 1. The van der Waals surface area contributed by atoms with Crippen LogP contribution in [-0.2, 0) is 0 Å². The predicted octanol–water partition coefficient (Wildman–Crippen LogP) is 3.48. The maximum Gasteiger partial charge on any atom is 0.178 e. The zero-order chi connectivity index (χ0) is 14.4. The molecular weight excluding hydrogens is 242 g/mol. The average molecular weight is 261 g/mol. The first-order valence-electron chi connectivity index (χ1n) is 6.20. The standard InChI is InChI=1S/C13H13NO3.C2H6/c1-8(15)10-7-12(17-3)9-5-4-6-11(16-2)13(9)14-10;1-2/h4-7H,1-3H3;1-2H3. The quantitative estimate of drug-likeness (QED) is 0.794. The number of hydrogen-bond donors (Lipinski definition) is 0. The van der Waals surface area contributed by atoms with Gasteiger partial charge in [0.25, 0.3) is 0 Å². The molecule has 2 rings (SSSR count). The van der Waals surface area contributed by atoms with Gasteiger partial charge in [-0.15, -0.1) is 0 Å². The SMILES string of the molecule is CC.COc1cc(C(C)=O)nc2c(OC)cccc12. The van der Waals surface area contributed by atoms with Crippen LogP contribution in [0.3, 0.4) is 0 Å². The Hall–Kier alpha value is -2.10. The average Bonchev–Trinajstić information content (AvgIpc) is 2.47. The number of fused-ring (bicyclic) bond motifs is 1. The summed E-state index contributed by atoms with van der Waals surface area (Å²) in [4.78, 5) is 15.7. The molecule has 0 fully saturated rings. The Morgan fingerprint density at radius 1 is 1.11 bits per heavy atom. The van der Waals surface area contributed by atoms with E-state index in [1.54, 1.807) is 26.4 Å². The van der Waals surface area contributed by atoms with E-state index in [0.29, 0.717) is 22.7 Å². The highest BCUT2D eigenvalue weighted by Crippen LogP contribution is 2.31. The van der Waals surface area contributed by atoms with Crippen molar-refractivity contribution >= 4 is 16.7 Å². The van der Waals surface area contributed by atoms with Crippen molar-refractivity contribution in [3.63, 3.8) is 0 Å². The Kier molecular flexibility index (Phi) is 5.30. The van der Waals surface area contributed by atoms with Gasteiger partial charge in [-0.3, -0.25) is 4.79 Å². The second kappa shape index (κ2) is 6.73. The van der Waals surface area contributed by atoms with Gasteiger partial charge in [-0.05, 0) is 12.1 Å². The van der Waals surface area contributed by atoms with Gasteiger partial charge >= 0.3 is 0 Å². The summed E-state index contributed by atoms with van der Waals surface area (Å²) < 4.78 is 10.5. The van der Waals surface area contributed by atoms with E-state index in [4.69, 9.17) is 9.47 Å². The van der Waals surface area contributed by atoms with Gasteiger partial charge < -0.3 is 9.47 Å². The number of ketones is 1. The normalized spacial score (nSPS) is 9.53. The minimum Gasteiger partial charge on any atom is -0.496 e. The van der Waals surface area contributed by atoms with Crippen molar-refractivity contribution in [3.8, 4) is 11.5 Å². The van der Waals surface area contributed by atoms with Crippen LogP contribution in [0.5, 0.6) is 11.5 Å². The Bertz CT molecular complexity index is 579. The molecule has 2 aromatic rings. The van der Waals surface area contributed by atoms with Crippen LogP contribution in [0.15, 0.2) is 24.3 Å². The van der Waals surface area contributed by atoms with E-state index >= 15 is 0 Å². The molecule has 0 saturated carbocycles. The number of ether oxygens (including phenoxy) is 2. The first-order valence-corrected chi connectivity index (χ1v) is 6.20. The Morgan fingerprint density at radius 2 is 1.74 bits per heavy atom. The van der Waals surface area contributed by atoms with Gasteiger partial charge in [0.1, 0.15) is 22.7 Å². The van der Waals surface area contributed by atoms with Crippen LogP contribution in [0.25, 0.3) is 10.9 Å². The monoisotopic (exact) mass is 261 g/mol. The predicted molar refractivity (Wildman–Crippen MR) is 76.2 cm³/mol. The summed E-state index contributed by atoms with van der Waals surface area (Å²) in [5.74, 6) is 1.15. The molecule has 4 heteroatoms. The van der Waals surface area contributed by atoms with Crippen molar-refractivity contribution in [2.24, 2.45) is 0 Å². The molecule has 1 heterocycles. The smallest absolute Gasteiger partial charge is 0.178 e. The van der Waals surface area contributed by atoms with Crippen molar-refractivity contribution in [2.45, 2.75) is 20.8 Å². The van der Waals surface area contributed by atoms with Crippen LogP contribution < -0.4 is 9.47 Å². The fourth-order valence-corrected chi connectivity index (χ4v) is 1.71. The Labute approximate surface area is 113 Å². The molecule has 1 aromatic heterocycles. The van der Waals surface area contributed by atoms with Gasteiger partial charge in [-0.25, -0.2) is 4.98 Å². The lowest BCUT2D eigenvalue weighted by molar-refractivity contribution is 0.101. The molecule has 0 N–H and O–H groups in total. The van der Waals surface area contributed by atoms with Gasteiger partial charge in [-0.1, -0.05) is 19.9 Å². The molecule has 19 heavy (non-hydrogen) atoms. The number of hydrogen-bond acceptors (Lipinski definition) is 4. The molecule has 0 radical (unpaired) electrons. The summed E-state index contributed by atoms with van der Waals surface area (Å²) in [5.41, 5.74) is 1.01. The third-order valence-electron chi connectivity index (χ3n) is 2.57. The van der Waals surface area contributed by atoms with Crippen molar-refractivity contribution in [1.29, 1.82) is 0 Å². The minimum absolute atomic E-state index is 0.101. The van der Waals surface area contributed by atoms with E-state index in [9.17, 15) is 4.79 Å². The lowest BCUT2D eigenvalue weighted by Gasteiger charge is -2.09. The van der Waals surface area contributed by atoms with E-state index in [2.05, 4.69) is 4.98 Å². The Balaban J connectivity index is 0.000000861. The number of carbonyl (C=O) groups excluding carboxylic acids is 1. The second-order valence-electron chi connectivity index (χ2n) is 3.62. The first kappa shape index (κ1) is 15.0. The number of pyridine rings is 1. The molecule has 0 aliphatic carbocycles. The summed E-state index contributed by atoms with van der Waals surface area (Å²) in [6.45, 7) is 5.48. The molecule has 4 nitrogen and oxygen atoms in total. The summed E-state index contributed by atoms with van der Waals surface area (Å²) in [5, 5.41) is 0.830. The number of aromatic nitrogens is 1. The molecule has 0 aliphatic heterocycles. The van der Waals surface area contributed by atoms with Crippen LogP contribution in [0.4, 0.5) is 0 Å². The van der Waals surface area contributed by atoms with Crippen LogP contribution >= 0.6 is 0 Å². The highest BCUT2D eigenvalue weighted by Gasteiger charge is 2.12. The zero-order valence-corrected chi connectivity index (χ0v) is 12.0. The van der Waals surface area contributed by atoms with E-state index < -0.39 is 0 Å². The number of rotatable bonds is 3. The third kappa shape index (κ3) is 3.02. The molecule has 0 bridgehead atoms. The van der Waals surface area contributed by atoms with Crippen LogP contribution in [-0.4, -0.2) is 25.0 Å². The molecule has 0 aliphatic rings.